The molecule has 0 fully saturated rings. The van der Waals surface area contributed by atoms with Gasteiger partial charge in [-0.3, -0.25) is 19.6 Å². The second-order valence-corrected chi connectivity index (χ2v) is 4.28. The molecule has 0 spiro atoms. The number of aromatic nitrogens is 3. The molecular formula is C11H10ClN5O3. The van der Waals surface area contributed by atoms with Gasteiger partial charge >= 0.3 is 0 Å². The highest BCUT2D eigenvalue weighted by atomic mass is 35.5. The van der Waals surface area contributed by atoms with E-state index in [4.69, 9.17) is 11.6 Å². The number of carbonyl (C=O) groups is 1. The predicted molar refractivity (Wildman–Crippen MR) is 70.5 cm³/mol. The Morgan fingerprint density at radius 1 is 1.50 bits per heavy atom. The van der Waals surface area contributed by atoms with Crippen LogP contribution in [0.15, 0.2) is 30.6 Å². The summed E-state index contributed by atoms with van der Waals surface area (Å²) in [5, 5.41) is 21.0. The molecule has 0 saturated heterocycles. The maximum Gasteiger partial charge on any atom is 0.282 e. The van der Waals surface area contributed by atoms with Crippen molar-refractivity contribution in [3.63, 3.8) is 0 Å². The molecule has 0 aliphatic rings. The molecule has 0 aliphatic heterocycles. The summed E-state index contributed by atoms with van der Waals surface area (Å²) in [5.74, 6) is -0.556. The van der Waals surface area contributed by atoms with Crippen LogP contribution in [0.1, 0.15) is 10.4 Å². The third-order valence-corrected chi connectivity index (χ3v) is 2.73. The molecule has 104 valence electrons. The first-order valence-corrected chi connectivity index (χ1v) is 6.02. The van der Waals surface area contributed by atoms with Gasteiger partial charge in [-0.15, -0.1) is 5.10 Å². The van der Waals surface area contributed by atoms with Crippen molar-refractivity contribution in [3.8, 4) is 0 Å². The van der Waals surface area contributed by atoms with Crippen LogP contribution in [0.4, 0.5) is 5.69 Å². The summed E-state index contributed by atoms with van der Waals surface area (Å²) in [7, 11) is 0. The van der Waals surface area contributed by atoms with E-state index < -0.39 is 10.8 Å². The highest BCUT2D eigenvalue weighted by molar-refractivity contribution is 6.31. The molecule has 9 heteroatoms. The van der Waals surface area contributed by atoms with Crippen molar-refractivity contribution in [3.05, 3.63) is 51.3 Å². The average molecular weight is 296 g/mol. The maximum atomic E-state index is 11.9. The Kier molecular flexibility index (Phi) is 4.26. The van der Waals surface area contributed by atoms with Crippen molar-refractivity contribution in [1.29, 1.82) is 0 Å². The monoisotopic (exact) mass is 295 g/mol. The highest BCUT2D eigenvalue weighted by Gasteiger charge is 2.20. The molecule has 0 saturated carbocycles. The van der Waals surface area contributed by atoms with Crippen LogP contribution in [0.2, 0.25) is 5.02 Å². The zero-order chi connectivity index (χ0) is 14.5. The quantitative estimate of drug-likeness (QED) is 0.661. The zero-order valence-electron chi connectivity index (χ0n) is 10.2. The number of benzene rings is 1. The molecule has 1 aromatic carbocycles. The van der Waals surface area contributed by atoms with Gasteiger partial charge in [0.1, 0.15) is 5.56 Å². The first kappa shape index (κ1) is 13.9. The lowest BCUT2D eigenvalue weighted by molar-refractivity contribution is -0.385. The summed E-state index contributed by atoms with van der Waals surface area (Å²) in [6, 6.07) is 3.84. The Balaban J connectivity index is 2.05. The Bertz CT molecular complexity index is 629. The second kappa shape index (κ2) is 6.11. The Labute approximate surface area is 118 Å². The summed E-state index contributed by atoms with van der Waals surface area (Å²) >= 11 is 5.76. The number of nitro groups is 1. The smallest absolute Gasteiger partial charge is 0.282 e. The van der Waals surface area contributed by atoms with Gasteiger partial charge in [0.25, 0.3) is 11.6 Å². The third-order valence-electron chi connectivity index (χ3n) is 2.50. The molecule has 0 radical (unpaired) electrons. The van der Waals surface area contributed by atoms with Crippen LogP contribution < -0.4 is 5.32 Å². The van der Waals surface area contributed by atoms with E-state index in [1.54, 1.807) is 6.20 Å². The first-order chi connectivity index (χ1) is 9.58. The van der Waals surface area contributed by atoms with Crippen LogP contribution in [-0.2, 0) is 6.54 Å². The minimum atomic E-state index is -0.622. The molecule has 0 bridgehead atoms. The van der Waals surface area contributed by atoms with E-state index in [0.717, 1.165) is 0 Å². The molecule has 2 rings (SSSR count). The van der Waals surface area contributed by atoms with Gasteiger partial charge in [0.15, 0.2) is 0 Å². The Hall–Kier alpha value is -2.48. The number of carbonyl (C=O) groups excluding carboxylic acids is 1. The summed E-state index contributed by atoms with van der Waals surface area (Å²) in [5.41, 5.74) is -0.353. The topological polar surface area (TPSA) is 103 Å². The summed E-state index contributed by atoms with van der Waals surface area (Å²) < 4.78 is 1.53. The number of nitro benzene ring substituents is 1. The molecular weight excluding hydrogens is 286 g/mol. The molecule has 1 aromatic heterocycles. The SMILES string of the molecule is O=C(NCCn1ccnn1)c1cc(Cl)ccc1[N+](=O)[O-]. The van der Waals surface area contributed by atoms with Crippen LogP contribution in [0, 0.1) is 10.1 Å². The molecule has 0 atom stereocenters. The first-order valence-electron chi connectivity index (χ1n) is 5.64. The lowest BCUT2D eigenvalue weighted by Gasteiger charge is -2.06. The van der Waals surface area contributed by atoms with Crippen molar-refractivity contribution in [2.45, 2.75) is 6.54 Å². The van der Waals surface area contributed by atoms with E-state index in [1.807, 2.05) is 0 Å². The number of halogens is 1. The van der Waals surface area contributed by atoms with Gasteiger partial charge in [-0.05, 0) is 12.1 Å². The van der Waals surface area contributed by atoms with Crippen molar-refractivity contribution in [2.24, 2.45) is 0 Å². The van der Waals surface area contributed by atoms with Crippen molar-refractivity contribution >= 4 is 23.2 Å². The van der Waals surface area contributed by atoms with Gasteiger partial charge in [-0.25, -0.2) is 0 Å². The average Bonchev–Trinajstić information content (AvgIpc) is 2.91. The van der Waals surface area contributed by atoms with Crippen molar-refractivity contribution < 1.29 is 9.72 Å². The predicted octanol–water partition coefficient (Wildman–Crippen LogP) is 1.27. The number of nitrogens with zero attached hydrogens (tertiary/aromatic N) is 4. The molecule has 0 aliphatic carbocycles. The van der Waals surface area contributed by atoms with Crippen molar-refractivity contribution in [2.75, 3.05) is 6.54 Å². The Morgan fingerprint density at radius 3 is 2.95 bits per heavy atom. The standard InChI is InChI=1S/C11H10ClN5O3/c12-8-1-2-10(17(19)20)9(7-8)11(18)13-3-5-16-6-4-14-15-16/h1-2,4,6-7H,3,5H2,(H,13,18). The number of amides is 1. The number of hydrogen-bond donors (Lipinski definition) is 1. The van der Waals surface area contributed by atoms with E-state index in [1.165, 1.54) is 29.1 Å². The van der Waals surface area contributed by atoms with E-state index >= 15 is 0 Å². The molecule has 1 N–H and O–H groups in total. The second-order valence-electron chi connectivity index (χ2n) is 3.84. The number of hydrogen-bond acceptors (Lipinski definition) is 5. The highest BCUT2D eigenvalue weighted by Crippen LogP contribution is 2.22. The van der Waals surface area contributed by atoms with Gasteiger partial charge in [-0.1, -0.05) is 16.8 Å². The molecule has 0 unspecified atom stereocenters. The summed E-state index contributed by atoms with van der Waals surface area (Å²) in [4.78, 5) is 22.2. The number of rotatable bonds is 5. The van der Waals surface area contributed by atoms with Gasteiger partial charge in [0.05, 0.1) is 17.7 Å². The lowest BCUT2D eigenvalue weighted by atomic mass is 10.1. The fourth-order valence-electron chi connectivity index (χ4n) is 1.58. The van der Waals surface area contributed by atoms with E-state index in [9.17, 15) is 14.9 Å². The van der Waals surface area contributed by atoms with Gasteiger partial charge in [-0.2, -0.15) is 0 Å². The van der Waals surface area contributed by atoms with Crippen LogP contribution in [-0.4, -0.2) is 32.4 Å². The van der Waals surface area contributed by atoms with Crippen LogP contribution in [0.25, 0.3) is 0 Å². The molecule has 8 nitrogen and oxygen atoms in total. The third kappa shape index (κ3) is 3.29. The molecule has 1 heterocycles. The van der Waals surface area contributed by atoms with E-state index in [0.29, 0.717) is 6.54 Å². The van der Waals surface area contributed by atoms with Crippen LogP contribution >= 0.6 is 11.6 Å². The van der Waals surface area contributed by atoms with Crippen LogP contribution in [0.3, 0.4) is 0 Å². The fraction of sp³-hybridized carbons (Fsp3) is 0.182. The maximum absolute atomic E-state index is 11.9. The lowest BCUT2D eigenvalue weighted by Crippen LogP contribution is -2.28. The van der Waals surface area contributed by atoms with Crippen LogP contribution in [0.5, 0.6) is 0 Å². The summed E-state index contributed by atoms with van der Waals surface area (Å²) in [6.45, 7) is 0.686. The normalized spacial score (nSPS) is 10.2. The molecule has 1 amide bonds. The fourth-order valence-corrected chi connectivity index (χ4v) is 1.75. The van der Waals surface area contributed by atoms with Gasteiger partial charge < -0.3 is 5.32 Å². The van der Waals surface area contributed by atoms with Crippen molar-refractivity contribution in [1.82, 2.24) is 20.3 Å². The minimum Gasteiger partial charge on any atom is -0.350 e. The molecule has 20 heavy (non-hydrogen) atoms. The summed E-state index contributed by atoms with van der Waals surface area (Å²) in [6.07, 6.45) is 3.16. The Morgan fingerprint density at radius 2 is 2.30 bits per heavy atom. The largest absolute Gasteiger partial charge is 0.350 e. The van der Waals surface area contributed by atoms with E-state index in [2.05, 4.69) is 15.6 Å². The van der Waals surface area contributed by atoms with E-state index in [-0.39, 0.29) is 22.8 Å². The zero-order valence-corrected chi connectivity index (χ0v) is 10.9. The minimum absolute atomic E-state index is 0.0684. The van der Waals surface area contributed by atoms with Gasteiger partial charge in [0, 0.05) is 23.8 Å². The number of nitrogens with one attached hydrogen (secondary N) is 1. The van der Waals surface area contributed by atoms with Gasteiger partial charge in [0.2, 0.25) is 0 Å². The molecule has 2 aromatic rings.